The van der Waals surface area contributed by atoms with Crippen LogP contribution in [0.3, 0.4) is 0 Å². The molecular weight excluding hydrogens is 793 g/mol. The molecule has 0 amide bonds. The molecule has 63 heavy (non-hydrogen) atoms. The predicted octanol–water partition coefficient (Wildman–Crippen LogP) is 10.1. The van der Waals surface area contributed by atoms with E-state index in [2.05, 4.69) is 72.8 Å². The number of rotatable bonds is 10. The standard InChI is InChI=1S/C54H60O9/c1-34(2)42-24-23-35-17-19-38(20-18-35)31-40(22-21-37-13-10-14-39(30-37)29-36-11-6-5-7-12-36)32-47(56)60-50-48-46(63-54(3,41-15-8-9-16-41)51(50)62-52(42)57)26-25-43-45(33-55)44(27-28-59-4)53(58)61-49(43)48/h5-7,10-14,17-20,25-26,30,40-41,50-51,55H,8-9,15-16,21-24,27-29,31-33H2,1-4H3. The summed E-state index contributed by atoms with van der Waals surface area (Å²) < 4.78 is 31.9. The molecule has 1 aromatic heterocycles. The van der Waals surface area contributed by atoms with Crippen molar-refractivity contribution in [2.24, 2.45) is 11.8 Å². The monoisotopic (exact) mass is 852 g/mol. The van der Waals surface area contributed by atoms with Crippen LogP contribution in [0.2, 0.25) is 0 Å². The van der Waals surface area contributed by atoms with E-state index in [9.17, 15) is 19.5 Å². The molecule has 9 heteroatoms. The van der Waals surface area contributed by atoms with E-state index < -0.39 is 42.0 Å². The summed E-state index contributed by atoms with van der Waals surface area (Å²) in [4.78, 5) is 43.2. The van der Waals surface area contributed by atoms with Gasteiger partial charge in [0, 0.05) is 42.4 Å². The van der Waals surface area contributed by atoms with E-state index in [1.165, 1.54) is 16.7 Å². The third kappa shape index (κ3) is 9.70. The first-order valence-electron chi connectivity index (χ1n) is 22.7. The van der Waals surface area contributed by atoms with Gasteiger partial charge in [0.2, 0.25) is 0 Å². The van der Waals surface area contributed by atoms with Gasteiger partial charge in [0.15, 0.2) is 12.2 Å². The van der Waals surface area contributed by atoms with Crippen molar-refractivity contribution in [1.82, 2.24) is 0 Å². The Morgan fingerprint density at radius 3 is 2.25 bits per heavy atom. The van der Waals surface area contributed by atoms with Gasteiger partial charge in [-0.25, -0.2) is 9.59 Å². The van der Waals surface area contributed by atoms with E-state index in [0.717, 1.165) is 61.6 Å². The number of carbonyl (C=O) groups excluding carboxylic acids is 2. The van der Waals surface area contributed by atoms with Gasteiger partial charge in [-0.3, -0.25) is 4.79 Å². The van der Waals surface area contributed by atoms with Crippen LogP contribution in [0.4, 0.5) is 0 Å². The van der Waals surface area contributed by atoms with Crippen molar-refractivity contribution < 1.29 is 38.1 Å². The van der Waals surface area contributed by atoms with Gasteiger partial charge in [0.1, 0.15) is 16.9 Å². The highest BCUT2D eigenvalue weighted by Gasteiger charge is 2.57. The van der Waals surface area contributed by atoms with Crippen LogP contribution in [0.1, 0.15) is 116 Å². The van der Waals surface area contributed by atoms with Gasteiger partial charge in [-0.05, 0) is 124 Å². The molecule has 330 valence electrons. The zero-order valence-electron chi connectivity index (χ0n) is 37.1. The van der Waals surface area contributed by atoms with E-state index in [0.29, 0.717) is 52.7 Å². The highest BCUT2D eigenvalue weighted by atomic mass is 16.6. The van der Waals surface area contributed by atoms with E-state index in [-0.39, 0.29) is 36.9 Å². The van der Waals surface area contributed by atoms with E-state index in [4.69, 9.17) is 23.4 Å². The zero-order chi connectivity index (χ0) is 44.1. The van der Waals surface area contributed by atoms with Crippen LogP contribution >= 0.6 is 0 Å². The average molecular weight is 853 g/mol. The van der Waals surface area contributed by atoms with E-state index >= 15 is 0 Å². The molecule has 5 aromatic rings. The van der Waals surface area contributed by atoms with Gasteiger partial charge in [-0.1, -0.05) is 97.3 Å². The lowest BCUT2D eigenvalue weighted by Gasteiger charge is -2.48. The molecule has 2 bridgehead atoms. The first kappa shape index (κ1) is 44.1. The Balaban J connectivity index is 1.21. The molecule has 9 nitrogen and oxygen atoms in total. The Bertz CT molecular complexity index is 2510. The van der Waals surface area contributed by atoms with E-state index in [1.807, 2.05) is 26.8 Å². The Morgan fingerprint density at radius 1 is 0.794 bits per heavy atom. The summed E-state index contributed by atoms with van der Waals surface area (Å²) >= 11 is 0. The number of carbonyl (C=O) groups is 2. The van der Waals surface area contributed by atoms with Gasteiger partial charge >= 0.3 is 17.6 Å². The number of aryl methyl sites for hydroxylation is 2. The first-order valence-corrected chi connectivity index (χ1v) is 22.7. The minimum absolute atomic E-state index is 0.0131. The third-order valence-corrected chi connectivity index (χ3v) is 13.7. The molecular formula is C54H60O9. The van der Waals surface area contributed by atoms with Crippen LogP contribution in [0.15, 0.2) is 111 Å². The summed E-state index contributed by atoms with van der Waals surface area (Å²) in [5, 5.41) is 11.2. The summed E-state index contributed by atoms with van der Waals surface area (Å²) in [5.41, 5.74) is 6.79. The molecule has 0 radical (unpaired) electrons. The molecule has 4 heterocycles. The Kier molecular flexibility index (Phi) is 13.6. The van der Waals surface area contributed by atoms with Crippen molar-refractivity contribution in [3.05, 3.63) is 157 Å². The molecule has 1 saturated carbocycles. The Hall–Kier alpha value is -5.51. The van der Waals surface area contributed by atoms with E-state index in [1.54, 1.807) is 19.2 Å². The quantitative estimate of drug-likeness (QED) is 0.0832. The van der Waals surface area contributed by atoms with Crippen LogP contribution in [0.5, 0.6) is 5.75 Å². The van der Waals surface area contributed by atoms with Crippen LogP contribution in [0.25, 0.3) is 11.0 Å². The molecule has 4 aromatic carbocycles. The van der Waals surface area contributed by atoms with Gasteiger partial charge < -0.3 is 28.5 Å². The van der Waals surface area contributed by atoms with Crippen molar-refractivity contribution in [2.75, 3.05) is 13.7 Å². The van der Waals surface area contributed by atoms with Crippen molar-refractivity contribution in [3.63, 3.8) is 0 Å². The third-order valence-electron chi connectivity index (χ3n) is 13.7. The number of benzene rings is 4. The highest BCUT2D eigenvalue weighted by Crippen LogP contribution is 2.52. The predicted molar refractivity (Wildman–Crippen MR) is 243 cm³/mol. The lowest BCUT2D eigenvalue weighted by atomic mass is 9.76. The number of allylic oxidation sites excluding steroid dienone is 1. The highest BCUT2D eigenvalue weighted by molar-refractivity contribution is 5.90. The molecule has 1 aliphatic carbocycles. The van der Waals surface area contributed by atoms with Crippen molar-refractivity contribution in [3.8, 4) is 5.75 Å². The lowest BCUT2D eigenvalue weighted by molar-refractivity contribution is -0.199. The van der Waals surface area contributed by atoms with Gasteiger partial charge in [0.25, 0.3) is 0 Å². The molecule has 3 aliphatic heterocycles. The van der Waals surface area contributed by atoms with Gasteiger partial charge in [0.05, 0.1) is 18.8 Å². The summed E-state index contributed by atoms with van der Waals surface area (Å²) in [7, 11) is 1.55. The lowest BCUT2D eigenvalue weighted by Crippen LogP contribution is -2.58. The molecule has 9 rings (SSSR count). The maximum atomic E-state index is 14.8. The number of aliphatic hydroxyl groups excluding tert-OH is 1. The fourth-order valence-corrected chi connectivity index (χ4v) is 10.2. The molecule has 0 saturated heterocycles. The van der Waals surface area contributed by atoms with Gasteiger partial charge in [-0.15, -0.1) is 0 Å². The number of methoxy groups -OCH3 is 1. The number of hydrogen-bond acceptors (Lipinski definition) is 9. The van der Waals surface area contributed by atoms with Crippen molar-refractivity contribution in [2.45, 2.75) is 122 Å². The fourth-order valence-electron chi connectivity index (χ4n) is 10.2. The minimum Gasteiger partial charge on any atom is -0.483 e. The topological polar surface area (TPSA) is 122 Å². The summed E-state index contributed by atoms with van der Waals surface area (Å²) in [6.07, 6.45) is 5.89. The largest absolute Gasteiger partial charge is 0.483 e. The maximum Gasteiger partial charge on any atom is 0.339 e. The van der Waals surface area contributed by atoms with Crippen LogP contribution in [-0.4, -0.2) is 42.5 Å². The van der Waals surface area contributed by atoms with Crippen molar-refractivity contribution in [1.29, 1.82) is 0 Å². The molecule has 4 atom stereocenters. The van der Waals surface area contributed by atoms with Crippen molar-refractivity contribution >= 4 is 22.9 Å². The summed E-state index contributed by atoms with van der Waals surface area (Å²) in [6, 6.07) is 31.2. The SMILES string of the molecule is COCCc1c(CO)c2ccc3c(c2oc1=O)C1OC(=O)CC(CCc2cccc(Cc4ccccc4)c2)Cc2ccc(cc2)CCC(=C(C)C)C(=O)OC1C(C)(C1CCCC1)O3. The average Bonchev–Trinajstić information content (AvgIpc) is 3.83. The molecule has 4 unspecified atom stereocenters. The smallest absolute Gasteiger partial charge is 0.339 e. The molecule has 4 aliphatic rings. The fraction of sp³-hybridized carbons (Fsp3) is 0.426. The molecule has 1 N–H and O–H groups in total. The Morgan fingerprint density at radius 2 is 1.52 bits per heavy atom. The Labute approximate surface area is 370 Å². The second-order valence-electron chi connectivity index (χ2n) is 18.2. The number of esters is 2. The minimum atomic E-state index is -1.18. The number of ether oxygens (including phenoxy) is 4. The summed E-state index contributed by atoms with van der Waals surface area (Å²) in [6.45, 7) is 5.63. The second kappa shape index (κ2) is 19.5. The molecule has 0 spiro atoms. The number of hydrogen-bond donors (Lipinski definition) is 1. The molecule has 1 fully saturated rings. The second-order valence-corrected chi connectivity index (χ2v) is 18.2. The number of aliphatic hydroxyl groups is 1. The van der Waals surface area contributed by atoms with Gasteiger partial charge in [-0.2, -0.15) is 0 Å². The van der Waals surface area contributed by atoms with Crippen LogP contribution in [0, 0.1) is 11.8 Å². The first-order chi connectivity index (χ1) is 30.5. The van der Waals surface area contributed by atoms with Crippen LogP contribution < -0.4 is 10.4 Å². The zero-order valence-corrected chi connectivity index (χ0v) is 37.1. The number of fused-ring (bicyclic) bond motifs is 13. The summed E-state index contributed by atoms with van der Waals surface area (Å²) in [5.74, 6) is -0.645. The maximum absolute atomic E-state index is 14.8. The normalized spacial score (nSPS) is 22.0. The van der Waals surface area contributed by atoms with Crippen LogP contribution in [-0.2, 0) is 62.5 Å².